The molecule has 0 radical (unpaired) electrons. The van der Waals surface area contributed by atoms with Crippen molar-refractivity contribution in [1.82, 2.24) is 10.3 Å². The number of hydrogen-bond acceptors (Lipinski definition) is 4. The van der Waals surface area contributed by atoms with Crippen molar-refractivity contribution in [2.24, 2.45) is 0 Å². The second-order valence-electron chi connectivity index (χ2n) is 4.28. The number of anilines is 1. The number of nitrogens with one attached hydrogen (secondary N) is 1. The molecule has 1 amide bonds. The molecule has 1 unspecified atom stereocenters. The monoisotopic (exact) mass is 295 g/mol. The molecule has 0 aliphatic carbocycles. The van der Waals surface area contributed by atoms with Crippen molar-refractivity contribution in [2.75, 3.05) is 5.73 Å². The van der Waals surface area contributed by atoms with E-state index in [9.17, 15) is 4.79 Å². The van der Waals surface area contributed by atoms with Crippen LogP contribution < -0.4 is 11.1 Å². The van der Waals surface area contributed by atoms with Gasteiger partial charge in [0.1, 0.15) is 5.01 Å². The zero-order valence-corrected chi connectivity index (χ0v) is 12.2. The largest absolute Gasteiger partial charge is 0.399 e. The van der Waals surface area contributed by atoms with Crippen LogP contribution in [0.1, 0.15) is 33.2 Å². The Kier molecular flexibility index (Phi) is 4.07. The number of nitrogens with zero attached hydrogens (tertiary/aromatic N) is 1. The lowest BCUT2D eigenvalue weighted by atomic mass is 10.2. The van der Waals surface area contributed by atoms with E-state index in [1.54, 1.807) is 35.7 Å². The molecule has 1 heterocycles. The summed E-state index contributed by atoms with van der Waals surface area (Å²) in [5.41, 5.74) is 6.58. The molecule has 1 aromatic carbocycles. The molecule has 1 atom stereocenters. The Labute approximate surface area is 120 Å². The van der Waals surface area contributed by atoms with Gasteiger partial charge in [0, 0.05) is 27.3 Å². The summed E-state index contributed by atoms with van der Waals surface area (Å²) in [4.78, 5) is 17.5. The molecule has 0 spiro atoms. The lowest BCUT2D eigenvalue weighted by molar-refractivity contribution is 0.0940. The van der Waals surface area contributed by atoms with Crippen LogP contribution in [0.3, 0.4) is 0 Å². The number of benzene rings is 1. The fourth-order valence-electron chi connectivity index (χ4n) is 1.66. The van der Waals surface area contributed by atoms with Gasteiger partial charge in [0.15, 0.2) is 0 Å². The zero-order chi connectivity index (χ0) is 14.0. The van der Waals surface area contributed by atoms with Crippen LogP contribution in [0.25, 0.3) is 0 Å². The summed E-state index contributed by atoms with van der Waals surface area (Å²) in [5, 5.41) is 4.20. The molecular formula is C13H14ClN3OS. The third-order valence-corrected chi connectivity index (χ3v) is 3.85. The van der Waals surface area contributed by atoms with Crippen LogP contribution in [0.15, 0.2) is 24.4 Å². The van der Waals surface area contributed by atoms with Gasteiger partial charge in [0.05, 0.1) is 6.04 Å². The highest BCUT2D eigenvalue weighted by molar-refractivity contribution is 7.11. The average Bonchev–Trinajstić information content (AvgIpc) is 2.74. The molecule has 0 saturated heterocycles. The number of nitrogen functional groups attached to an aromatic ring is 1. The number of carbonyl (C=O) groups is 1. The van der Waals surface area contributed by atoms with E-state index in [4.69, 9.17) is 17.3 Å². The van der Waals surface area contributed by atoms with Gasteiger partial charge in [0.25, 0.3) is 5.91 Å². The number of halogens is 1. The first-order valence-corrected chi connectivity index (χ1v) is 6.94. The lowest BCUT2D eigenvalue weighted by Crippen LogP contribution is -2.26. The van der Waals surface area contributed by atoms with Gasteiger partial charge >= 0.3 is 0 Å². The van der Waals surface area contributed by atoms with Crippen LogP contribution in [-0.4, -0.2) is 10.9 Å². The standard InChI is InChI=1S/C13H14ClN3OS/c1-7-6-16-13(19-7)8(2)17-12(18)9-3-10(14)5-11(15)4-9/h3-6,8H,15H2,1-2H3,(H,17,18). The van der Waals surface area contributed by atoms with E-state index < -0.39 is 0 Å². The van der Waals surface area contributed by atoms with Crippen LogP contribution in [0.2, 0.25) is 5.02 Å². The number of aromatic nitrogens is 1. The van der Waals surface area contributed by atoms with Crippen LogP contribution in [0.4, 0.5) is 5.69 Å². The van der Waals surface area contributed by atoms with Gasteiger partial charge in [-0.1, -0.05) is 11.6 Å². The quantitative estimate of drug-likeness (QED) is 0.855. The van der Waals surface area contributed by atoms with Gasteiger partial charge in [-0.2, -0.15) is 0 Å². The van der Waals surface area contributed by atoms with Crippen LogP contribution in [0, 0.1) is 6.92 Å². The fourth-order valence-corrected chi connectivity index (χ4v) is 2.68. The van der Waals surface area contributed by atoms with Gasteiger partial charge in [0.2, 0.25) is 0 Å². The van der Waals surface area contributed by atoms with Crippen molar-refractivity contribution >= 4 is 34.5 Å². The van der Waals surface area contributed by atoms with Gasteiger partial charge in [-0.15, -0.1) is 11.3 Å². The first kappa shape index (κ1) is 13.8. The first-order chi connectivity index (χ1) is 8.95. The Morgan fingerprint density at radius 1 is 1.47 bits per heavy atom. The Morgan fingerprint density at radius 3 is 2.79 bits per heavy atom. The van der Waals surface area contributed by atoms with Crippen LogP contribution in [0.5, 0.6) is 0 Å². The molecule has 0 saturated carbocycles. The minimum absolute atomic E-state index is 0.147. The third kappa shape index (κ3) is 3.45. The molecule has 2 aromatic rings. The Morgan fingerprint density at radius 2 is 2.21 bits per heavy atom. The second kappa shape index (κ2) is 5.59. The third-order valence-electron chi connectivity index (χ3n) is 2.54. The van der Waals surface area contributed by atoms with E-state index >= 15 is 0 Å². The number of thiazole rings is 1. The summed E-state index contributed by atoms with van der Waals surface area (Å²) in [7, 11) is 0. The van der Waals surface area contributed by atoms with Gasteiger partial charge in [-0.05, 0) is 32.0 Å². The average molecular weight is 296 g/mol. The summed E-state index contributed by atoms with van der Waals surface area (Å²) < 4.78 is 0. The number of hydrogen-bond donors (Lipinski definition) is 2. The lowest BCUT2D eigenvalue weighted by Gasteiger charge is -2.11. The minimum Gasteiger partial charge on any atom is -0.399 e. The molecule has 2 rings (SSSR count). The summed E-state index contributed by atoms with van der Waals surface area (Å²) >= 11 is 7.44. The smallest absolute Gasteiger partial charge is 0.251 e. The molecule has 0 aliphatic heterocycles. The van der Waals surface area contributed by atoms with Gasteiger partial charge in [-0.3, -0.25) is 4.79 Å². The normalized spacial score (nSPS) is 12.2. The number of nitrogens with two attached hydrogens (primary N) is 1. The molecule has 6 heteroatoms. The Balaban J connectivity index is 2.12. The summed E-state index contributed by atoms with van der Waals surface area (Å²) in [6.07, 6.45) is 1.79. The molecule has 0 fully saturated rings. The predicted octanol–water partition coefficient (Wildman–Crippen LogP) is 3.18. The van der Waals surface area contributed by atoms with E-state index in [2.05, 4.69) is 10.3 Å². The van der Waals surface area contributed by atoms with Crippen molar-refractivity contribution in [1.29, 1.82) is 0 Å². The Hall–Kier alpha value is -1.59. The van der Waals surface area contributed by atoms with E-state index in [0.29, 0.717) is 16.3 Å². The maximum atomic E-state index is 12.1. The number of amides is 1. The summed E-state index contributed by atoms with van der Waals surface area (Å²) in [6.45, 7) is 3.87. The number of rotatable bonds is 3. The van der Waals surface area contributed by atoms with Crippen molar-refractivity contribution < 1.29 is 4.79 Å². The molecule has 19 heavy (non-hydrogen) atoms. The van der Waals surface area contributed by atoms with Gasteiger partial charge in [-0.25, -0.2) is 4.98 Å². The van der Waals surface area contributed by atoms with E-state index in [0.717, 1.165) is 9.88 Å². The highest BCUT2D eigenvalue weighted by Crippen LogP contribution is 2.21. The second-order valence-corrected chi connectivity index (χ2v) is 5.98. The molecule has 100 valence electrons. The van der Waals surface area contributed by atoms with Crippen molar-refractivity contribution in [3.8, 4) is 0 Å². The van der Waals surface area contributed by atoms with E-state index in [1.807, 2.05) is 13.8 Å². The molecule has 0 bridgehead atoms. The summed E-state index contributed by atoms with van der Waals surface area (Å²) in [6, 6.07) is 4.64. The van der Waals surface area contributed by atoms with Crippen LogP contribution in [-0.2, 0) is 0 Å². The fraction of sp³-hybridized carbons (Fsp3) is 0.231. The number of aryl methyl sites for hydroxylation is 1. The Bertz CT molecular complexity index is 591. The van der Waals surface area contributed by atoms with E-state index in [-0.39, 0.29) is 11.9 Å². The SMILES string of the molecule is Cc1cnc(C(C)NC(=O)c2cc(N)cc(Cl)c2)s1. The van der Waals surface area contributed by atoms with Crippen molar-refractivity contribution in [2.45, 2.75) is 19.9 Å². The van der Waals surface area contributed by atoms with Gasteiger partial charge < -0.3 is 11.1 Å². The predicted molar refractivity (Wildman–Crippen MR) is 78.6 cm³/mol. The number of carbonyl (C=O) groups excluding carboxylic acids is 1. The van der Waals surface area contributed by atoms with Crippen LogP contribution >= 0.6 is 22.9 Å². The minimum atomic E-state index is -0.213. The highest BCUT2D eigenvalue weighted by Gasteiger charge is 2.14. The molecular weight excluding hydrogens is 282 g/mol. The van der Waals surface area contributed by atoms with E-state index in [1.165, 1.54) is 0 Å². The molecule has 4 nitrogen and oxygen atoms in total. The molecule has 0 aliphatic rings. The first-order valence-electron chi connectivity index (χ1n) is 5.75. The van der Waals surface area contributed by atoms with Crippen molar-refractivity contribution in [3.05, 3.63) is 44.9 Å². The maximum Gasteiger partial charge on any atom is 0.251 e. The summed E-state index contributed by atoms with van der Waals surface area (Å²) in [5.74, 6) is -0.213. The molecule has 1 aromatic heterocycles. The highest BCUT2D eigenvalue weighted by atomic mass is 35.5. The molecule has 3 N–H and O–H groups in total. The topological polar surface area (TPSA) is 68.0 Å². The zero-order valence-electron chi connectivity index (χ0n) is 10.6. The maximum absolute atomic E-state index is 12.1. The van der Waals surface area contributed by atoms with Crippen molar-refractivity contribution in [3.63, 3.8) is 0 Å².